The number of hydrogen-bond acceptors (Lipinski definition) is 4. The Hall–Kier alpha value is -2.70. The van der Waals surface area contributed by atoms with Gasteiger partial charge in [0.15, 0.2) is 0 Å². The fourth-order valence-electron chi connectivity index (χ4n) is 3.88. The van der Waals surface area contributed by atoms with Gasteiger partial charge in [-0.15, -0.1) is 11.3 Å². The number of hydrogen-bond donors (Lipinski definition) is 1. The number of anilines is 1. The molecule has 1 N–H and O–H groups in total. The van der Waals surface area contributed by atoms with Crippen molar-refractivity contribution in [2.45, 2.75) is 25.2 Å². The van der Waals surface area contributed by atoms with E-state index >= 15 is 0 Å². The highest BCUT2D eigenvalue weighted by Crippen LogP contribution is 2.43. The molecule has 0 saturated carbocycles. The van der Waals surface area contributed by atoms with Gasteiger partial charge in [0.1, 0.15) is 10.8 Å². The van der Waals surface area contributed by atoms with E-state index in [1.54, 1.807) is 0 Å². The molecule has 2 aromatic carbocycles. The molecule has 1 heterocycles. The molecule has 7 heteroatoms. The average Bonchev–Trinajstić information content (AvgIpc) is 3.10. The Balaban J connectivity index is 1.68. The average molecular weight is 444 g/mol. The molecule has 1 amide bonds. The van der Waals surface area contributed by atoms with Crippen molar-refractivity contribution >= 4 is 39.8 Å². The Morgan fingerprint density at radius 1 is 1.13 bits per heavy atom. The number of amides is 1. The SMILES string of the molecule is COC(=O)c1c(NC(=O)c2c(F)cccc2Cl)sc2c1CC[C@H](c1ccccc1)C2. The molecule has 1 aliphatic carbocycles. The van der Waals surface area contributed by atoms with Crippen LogP contribution in [0.3, 0.4) is 0 Å². The number of carbonyl (C=O) groups is 2. The van der Waals surface area contributed by atoms with Crippen molar-refractivity contribution in [1.82, 2.24) is 0 Å². The van der Waals surface area contributed by atoms with Gasteiger partial charge in [0.25, 0.3) is 5.91 Å². The Kier molecular flexibility index (Phi) is 5.88. The Bertz CT molecular complexity index is 1090. The van der Waals surface area contributed by atoms with E-state index in [4.69, 9.17) is 16.3 Å². The van der Waals surface area contributed by atoms with Crippen molar-refractivity contribution in [3.8, 4) is 0 Å². The zero-order valence-corrected chi connectivity index (χ0v) is 17.8. The molecule has 4 rings (SSSR count). The molecule has 154 valence electrons. The lowest BCUT2D eigenvalue weighted by Crippen LogP contribution is -2.17. The molecular weight excluding hydrogens is 425 g/mol. The van der Waals surface area contributed by atoms with Gasteiger partial charge in [0.2, 0.25) is 0 Å². The lowest BCUT2D eigenvalue weighted by molar-refractivity contribution is 0.0601. The zero-order valence-electron chi connectivity index (χ0n) is 16.2. The van der Waals surface area contributed by atoms with Crippen LogP contribution < -0.4 is 5.32 Å². The minimum absolute atomic E-state index is 0.0116. The fraction of sp³-hybridized carbons (Fsp3) is 0.217. The third-order valence-corrected chi connectivity index (χ3v) is 6.83. The number of benzene rings is 2. The van der Waals surface area contributed by atoms with Gasteiger partial charge in [0, 0.05) is 4.88 Å². The quantitative estimate of drug-likeness (QED) is 0.514. The first-order valence-corrected chi connectivity index (χ1v) is 10.7. The third kappa shape index (κ3) is 3.85. The summed E-state index contributed by atoms with van der Waals surface area (Å²) in [5.41, 5.74) is 2.25. The number of thiophene rings is 1. The van der Waals surface area contributed by atoms with E-state index in [2.05, 4.69) is 17.4 Å². The summed E-state index contributed by atoms with van der Waals surface area (Å²) in [6, 6.07) is 14.3. The van der Waals surface area contributed by atoms with Gasteiger partial charge in [-0.2, -0.15) is 0 Å². The molecule has 0 saturated heterocycles. The van der Waals surface area contributed by atoms with Crippen LogP contribution in [0.15, 0.2) is 48.5 Å². The smallest absolute Gasteiger partial charge is 0.341 e. The number of rotatable bonds is 4. The number of fused-ring (bicyclic) bond motifs is 1. The second-order valence-corrected chi connectivity index (χ2v) is 8.61. The maximum atomic E-state index is 14.2. The Morgan fingerprint density at radius 3 is 2.60 bits per heavy atom. The lowest BCUT2D eigenvalue weighted by Gasteiger charge is -2.22. The first kappa shape index (κ1) is 20.6. The molecule has 1 atom stereocenters. The Morgan fingerprint density at radius 2 is 1.90 bits per heavy atom. The summed E-state index contributed by atoms with van der Waals surface area (Å²) in [5, 5.41) is 3.07. The standard InChI is InChI=1S/C23H19ClFNO3S/c1-29-23(28)19-15-11-10-14(13-6-3-2-4-7-13)12-18(15)30-22(19)26-21(27)20-16(24)8-5-9-17(20)25/h2-9,14H,10-12H2,1H3,(H,26,27)/t14-/m0/s1. The lowest BCUT2D eigenvalue weighted by atomic mass is 9.83. The highest BCUT2D eigenvalue weighted by atomic mass is 35.5. The van der Waals surface area contributed by atoms with Crippen LogP contribution in [0.25, 0.3) is 0 Å². The molecule has 0 radical (unpaired) electrons. The topological polar surface area (TPSA) is 55.4 Å². The number of nitrogens with one attached hydrogen (secondary N) is 1. The van der Waals surface area contributed by atoms with Gasteiger partial charge in [0.05, 0.1) is 23.3 Å². The highest BCUT2D eigenvalue weighted by molar-refractivity contribution is 7.17. The van der Waals surface area contributed by atoms with Gasteiger partial charge < -0.3 is 10.1 Å². The van der Waals surface area contributed by atoms with Gasteiger partial charge >= 0.3 is 5.97 Å². The molecule has 1 aliphatic rings. The van der Waals surface area contributed by atoms with E-state index in [0.717, 1.165) is 23.3 Å². The number of carbonyl (C=O) groups excluding carboxylic acids is 2. The van der Waals surface area contributed by atoms with Crippen molar-refractivity contribution < 1.29 is 18.7 Å². The number of methoxy groups -OCH3 is 1. The summed E-state index contributed by atoms with van der Waals surface area (Å²) < 4.78 is 19.1. The van der Waals surface area contributed by atoms with Crippen LogP contribution in [0.1, 0.15) is 49.1 Å². The first-order chi connectivity index (χ1) is 14.5. The van der Waals surface area contributed by atoms with E-state index in [9.17, 15) is 14.0 Å². The van der Waals surface area contributed by atoms with Gasteiger partial charge in [-0.3, -0.25) is 4.79 Å². The summed E-state index contributed by atoms with van der Waals surface area (Å²) in [7, 11) is 1.31. The predicted molar refractivity (Wildman–Crippen MR) is 116 cm³/mol. The fourth-order valence-corrected chi connectivity index (χ4v) is 5.44. The van der Waals surface area contributed by atoms with E-state index < -0.39 is 17.7 Å². The summed E-state index contributed by atoms with van der Waals surface area (Å²) in [6.07, 6.45) is 2.36. The molecule has 4 nitrogen and oxygen atoms in total. The van der Waals surface area contributed by atoms with Gasteiger partial charge in [-0.05, 0) is 48.4 Å². The van der Waals surface area contributed by atoms with Crippen LogP contribution in [0.2, 0.25) is 5.02 Å². The summed E-state index contributed by atoms with van der Waals surface area (Å²) in [6.45, 7) is 0. The highest BCUT2D eigenvalue weighted by Gasteiger charge is 2.31. The third-order valence-electron chi connectivity index (χ3n) is 5.34. The van der Waals surface area contributed by atoms with Crippen LogP contribution in [-0.4, -0.2) is 19.0 Å². The maximum absolute atomic E-state index is 14.2. The molecule has 0 fully saturated rings. The predicted octanol–water partition coefficient (Wildman–Crippen LogP) is 5.85. The zero-order chi connectivity index (χ0) is 21.3. The van der Waals surface area contributed by atoms with E-state index in [0.29, 0.717) is 22.9 Å². The minimum Gasteiger partial charge on any atom is -0.465 e. The molecule has 30 heavy (non-hydrogen) atoms. The van der Waals surface area contributed by atoms with Crippen LogP contribution in [0.5, 0.6) is 0 Å². The van der Waals surface area contributed by atoms with Crippen molar-refractivity contribution in [1.29, 1.82) is 0 Å². The van der Waals surface area contributed by atoms with Crippen molar-refractivity contribution in [2.24, 2.45) is 0 Å². The maximum Gasteiger partial charge on any atom is 0.341 e. The van der Waals surface area contributed by atoms with Crippen LogP contribution in [0.4, 0.5) is 9.39 Å². The number of ether oxygens (including phenoxy) is 1. The van der Waals surface area contributed by atoms with E-state index in [1.165, 1.54) is 42.2 Å². The molecule has 0 spiro atoms. The van der Waals surface area contributed by atoms with Crippen molar-refractivity contribution in [2.75, 3.05) is 12.4 Å². The molecule has 0 bridgehead atoms. The largest absolute Gasteiger partial charge is 0.465 e. The normalized spacial score (nSPS) is 15.4. The van der Waals surface area contributed by atoms with Crippen LogP contribution in [-0.2, 0) is 17.6 Å². The number of esters is 1. The molecule has 0 unspecified atom stereocenters. The van der Waals surface area contributed by atoms with Gasteiger partial charge in [-0.25, -0.2) is 9.18 Å². The summed E-state index contributed by atoms with van der Waals surface area (Å²) in [5.74, 6) is -1.58. The molecule has 0 aliphatic heterocycles. The molecular formula is C23H19ClFNO3S. The minimum atomic E-state index is -0.718. The van der Waals surface area contributed by atoms with Gasteiger partial charge in [-0.1, -0.05) is 48.0 Å². The van der Waals surface area contributed by atoms with Crippen molar-refractivity contribution in [3.63, 3.8) is 0 Å². The van der Waals surface area contributed by atoms with Crippen LogP contribution in [0, 0.1) is 5.82 Å². The second kappa shape index (κ2) is 8.58. The first-order valence-electron chi connectivity index (χ1n) is 9.52. The van der Waals surface area contributed by atoms with Crippen LogP contribution >= 0.6 is 22.9 Å². The summed E-state index contributed by atoms with van der Waals surface area (Å²) in [4.78, 5) is 26.3. The Labute approximate surface area is 182 Å². The van der Waals surface area contributed by atoms with E-state index in [1.807, 2.05) is 18.2 Å². The second-order valence-electron chi connectivity index (χ2n) is 7.10. The van der Waals surface area contributed by atoms with E-state index in [-0.39, 0.29) is 10.6 Å². The molecule has 1 aromatic heterocycles. The van der Waals surface area contributed by atoms with Crippen molar-refractivity contribution in [3.05, 3.63) is 86.5 Å². The molecule has 3 aromatic rings. The summed E-state index contributed by atoms with van der Waals surface area (Å²) >= 11 is 7.36. The number of halogens is 2. The monoisotopic (exact) mass is 443 g/mol.